The Labute approximate surface area is 36.9 Å². The molecule has 0 saturated heterocycles. The average molecular weight is 88.1 g/mol. The summed E-state index contributed by atoms with van der Waals surface area (Å²) < 4.78 is 0. The monoisotopic (exact) mass is 88.1 g/mol. The minimum absolute atomic E-state index is 1.31. The Balaban J connectivity index is 3.03. The zero-order valence-electron chi connectivity index (χ0n) is 3.92. The van der Waals surface area contributed by atoms with Gasteiger partial charge in [0.1, 0.15) is 6.34 Å². The highest BCUT2D eigenvalue weighted by Gasteiger charge is 1.69. The van der Waals surface area contributed by atoms with Gasteiger partial charge in [-0.1, -0.05) is 5.16 Å². The Morgan fingerprint density at radius 1 is 1.67 bits per heavy atom. The van der Waals surface area contributed by atoms with E-state index >= 15 is 0 Å². The second kappa shape index (κ2) is 2.50. The van der Waals surface area contributed by atoms with E-state index in [1.54, 1.807) is 19.0 Å². The van der Waals surface area contributed by atoms with Gasteiger partial charge in [-0.15, -0.1) is 0 Å². The van der Waals surface area contributed by atoms with Crippen molar-refractivity contribution >= 4 is 6.34 Å². The van der Waals surface area contributed by atoms with Crippen molar-refractivity contribution in [3.8, 4) is 0 Å². The van der Waals surface area contributed by atoms with Crippen LogP contribution < -0.4 is 0 Å². The molecule has 6 heavy (non-hydrogen) atoms. The van der Waals surface area contributed by atoms with Crippen molar-refractivity contribution < 1.29 is 5.21 Å². The van der Waals surface area contributed by atoms with Crippen LogP contribution in [-0.4, -0.2) is 30.5 Å². The van der Waals surface area contributed by atoms with Gasteiger partial charge in [-0.3, -0.25) is 0 Å². The summed E-state index contributed by atoms with van der Waals surface area (Å²) >= 11 is 0. The predicted octanol–water partition coefficient (Wildman–Crippen LogP) is -0.0345. The fourth-order valence-corrected chi connectivity index (χ4v) is 0.103. The maximum atomic E-state index is 7.76. The molecule has 0 bridgehead atoms. The standard InChI is InChI=1S/C3H8N2O/c1-5(2)3-4-6/h3,6H,1-2H3/b4-3+. The smallest absolute Gasteiger partial charge is 0.130 e. The lowest BCUT2D eigenvalue weighted by atomic mass is 11.0. The topological polar surface area (TPSA) is 35.8 Å². The Hall–Kier alpha value is -0.730. The normalized spacial score (nSPS) is 9.67. The number of hydrogen-bond donors (Lipinski definition) is 1. The van der Waals surface area contributed by atoms with E-state index in [1.165, 1.54) is 6.34 Å². The number of hydrogen-bond acceptors (Lipinski definition) is 2. The number of nitrogens with zero attached hydrogens (tertiary/aromatic N) is 2. The molecule has 0 heterocycles. The Kier molecular flexibility index (Phi) is 2.20. The van der Waals surface area contributed by atoms with Gasteiger partial charge in [0, 0.05) is 14.1 Å². The Bertz CT molecular complexity index is 50.8. The molecule has 0 radical (unpaired) electrons. The van der Waals surface area contributed by atoms with Crippen molar-refractivity contribution in [3.63, 3.8) is 0 Å². The van der Waals surface area contributed by atoms with E-state index < -0.39 is 0 Å². The van der Waals surface area contributed by atoms with Crippen LogP contribution in [0.3, 0.4) is 0 Å². The van der Waals surface area contributed by atoms with Crippen molar-refractivity contribution in [2.24, 2.45) is 5.16 Å². The van der Waals surface area contributed by atoms with E-state index in [9.17, 15) is 0 Å². The second-order valence-electron chi connectivity index (χ2n) is 1.19. The zero-order valence-corrected chi connectivity index (χ0v) is 3.92. The first-order valence-corrected chi connectivity index (χ1v) is 1.61. The molecular formula is C3H8N2O. The lowest BCUT2D eigenvalue weighted by Crippen LogP contribution is -2.06. The van der Waals surface area contributed by atoms with Gasteiger partial charge >= 0.3 is 0 Å². The van der Waals surface area contributed by atoms with Gasteiger partial charge in [-0.2, -0.15) is 0 Å². The fourth-order valence-electron chi connectivity index (χ4n) is 0.103. The van der Waals surface area contributed by atoms with Gasteiger partial charge in [0.25, 0.3) is 0 Å². The van der Waals surface area contributed by atoms with Crippen LogP contribution in [0.1, 0.15) is 0 Å². The molecule has 0 amide bonds. The molecule has 0 aromatic heterocycles. The highest BCUT2D eigenvalue weighted by molar-refractivity contribution is 5.52. The van der Waals surface area contributed by atoms with Gasteiger partial charge in [0.05, 0.1) is 0 Å². The second-order valence-corrected chi connectivity index (χ2v) is 1.19. The quantitative estimate of drug-likeness (QED) is 0.211. The molecule has 36 valence electrons. The van der Waals surface area contributed by atoms with Gasteiger partial charge in [-0.25, -0.2) is 0 Å². The largest absolute Gasteiger partial charge is 0.410 e. The third-order valence-corrected chi connectivity index (χ3v) is 0.283. The van der Waals surface area contributed by atoms with E-state index in [2.05, 4.69) is 5.16 Å². The Morgan fingerprint density at radius 2 is 2.17 bits per heavy atom. The minimum Gasteiger partial charge on any atom is -0.410 e. The lowest BCUT2D eigenvalue weighted by molar-refractivity contribution is 0.314. The molecule has 3 heteroatoms. The first-order valence-electron chi connectivity index (χ1n) is 1.61. The maximum Gasteiger partial charge on any atom is 0.130 e. The summed E-state index contributed by atoms with van der Waals surface area (Å²) in [5, 5.41) is 10.5. The highest BCUT2D eigenvalue weighted by atomic mass is 16.4. The molecule has 1 N–H and O–H groups in total. The van der Waals surface area contributed by atoms with Crippen LogP contribution in [0.2, 0.25) is 0 Å². The molecule has 0 aliphatic rings. The molecule has 0 spiro atoms. The van der Waals surface area contributed by atoms with Crippen LogP contribution in [0.15, 0.2) is 5.16 Å². The molecule has 0 saturated carbocycles. The summed E-state index contributed by atoms with van der Waals surface area (Å²) in [6, 6.07) is 0. The predicted molar refractivity (Wildman–Crippen MR) is 24.0 cm³/mol. The summed E-state index contributed by atoms with van der Waals surface area (Å²) in [5.41, 5.74) is 0. The number of oxime groups is 1. The molecule has 0 aromatic carbocycles. The van der Waals surface area contributed by atoms with Crippen LogP contribution in [0.5, 0.6) is 0 Å². The average Bonchev–Trinajstić information content (AvgIpc) is 1.35. The maximum absolute atomic E-state index is 7.76. The SMILES string of the molecule is CN(C)/C=N/O. The molecular weight excluding hydrogens is 80.0 g/mol. The van der Waals surface area contributed by atoms with Gasteiger partial charge in [0.15, 0.2) is 0 Å². The van der Waals surface area contributed by atoms with Crippen molar-refractivity contribution in [2.75, 3.05) is 14.1 Å². The van der Waals surface area contributed by atoms with Crippen molar-refractivity contribution in [1.29, 1.82) is 0 Å². The van der Waals surface area contributed by atoms with Gasteiger partial charge in [0.2, 0.25) is 0 Å². The van der Waals surface area contributed by atoms with E-state index in [1.807, 2.05) is 0 Å². The first-order chi connectivity index (χ1) is 2.77. The summed E-state index contributed by atoms with van der Waals surface area (Å²) in [6.07, 6.45) is 1.31. The third kappa shape index (κ3) is 3.27. The number of rotatable bonds is 1. The fraction of sp³-hybridized carbons (Fsp3) is 0.667. The molecule has 3 nitrogen and oxygen atoms in total. The molecule has 0 unspecified atom stereocenters. The van der Waals surface area contributed by atoms with Crippen molar-refractivity contribution in [3.05, 3.63) is 0 Å². The molecule has 0 aromatic rings. The Morgan fingerprint density at radius 3 is 2.17 bits per heavy atom. The van der Waals surface area contributed by atoms with Gasteiger partial charge < -0.3 is 10.1 Å². The van der Waals surface area contributed by atoms with Crippen LogP contribution in [0, 0.1) is 0 Å². The summed E-state index contributed by atoms with van der Waals surface area (Å²) in [4.78, 5) is 1.64. The van der Waals surface area contributed by atoms with E-state index in [0.29, 0.717) is 0 Å². The molecule has 0 rings (SSSR count). The lowest BCUT2D eigenvalue weighted by Gasteiger charge is -1.97. The zero-order chi connectivity index (χ0) is 4.99. The first kappa shape index (κ1) is 5.27. The molecule has 0 fully saturated rings. The van der Waals surface area contributed by atoms with Crippen LogP contribution in [0.25, 0.3) is 0 Å². The molecule has 0 aliphatic heterocycles. The van der Waals surface area contributed by atoms with E-state index in [-0.39, 0.29) is 0 Å². The summed E-state index contributed by atoms with van der Waals surface area (Å²) in [7, 11) is 3.56. The highest BCUT2D eigenvalue weighted by Crippen LogP contribution is 1.58. The summed E-state index contributed by atoms with van der Waals surface area (Å²) in [6.45, 7) is 0. The van der Waals surface area contributed by atoms with Crippen molar-refractivity contribution in [2.45, 2.75) is 0 Å². The molecule has 0 atom stereocenters. The van der Waals surface area contributed by atoms with E-state index in [4.69, 9.17) is 5.21 Å². The van der Waals surface area contributed by atoms with Crippen LogP contribution in [0.4, 0.5) is 0 Å². The van der Waals surface area contributed by atoms with Crippen LogP contribution in [-0.2, 0) is 0 Å². The third-order valence-electron chi connectivity index (χ3n) is 0.283. The van der Waals surface area contributed by atoms with Crippen molar-refractivity contribution in [1.82, 2.24) is 4.90 Å². The summed E-state index contributed by atoms with van der Waals surface area (Å²) in [5.74, 6) is 0. The van der Waals surface area contributed by atoms with Gasteiger partial charge in [-0.05, 0) is 0 Å². The van der Waals surface area contributed by atoms with E-state index in [0.717, 1.165) is 0 Å². The molecule has 0 aliphatic carbocycles. The van der Waals surface area contributed by atoms with Crippen LogP contribution >= 0.6 is 0 Å². The minimum atomic E-state index is 1.31.